The van der Waals surface area contributed by atoms with Gasteiger partial charge in [-0.1, -0.05) is 0 Å². The van der Waals surface area contributed by atoms with E-state index in [2.05, 4.69) is 15.1 Å². The summed E-state index contributed by atoms with van der Waals surface area (Å²) in [5.41, 5.74) is 0.321. The van der Waals surface area contributed by atoms with Crippen LogP contribution in [-0.2, 0) is 9.47 Å². The summed E-state index contributed by atoms with van der Waals surface area (Å²) in [5.74, 6) is 0.594. The van der Waals surface area contributed by atoms with Gasteiger partial charge in [0.2, 0.25) is 0 Å². The first-order valence-electron chi connectivity index (χ1n) is 8.56. The molecule has 2 saturated heterocycles. The van der Waals surface area contributed by atoms with Crippen molar-refractivity contribution >= 4 is 17.8 Å². The molecule has 9 nitrogen and oxygen atoms in total. The number of carbonyl (C=O) groups excluding carboxylic acids is 2. The second-order valence-electron chi connectivity index (χ2n) is 5.85. The van der Waals surface area contributed by atoms with E-state index < -0.39 is 0 Å². The number of carbonyl (C=O) groups is 2. The van der Waals surface area contributed by atoms with E-state index in [9.17, 15) is 9.59 Å². The van der Waals surface area contributed by atoms with Gasteiger partial charge in [0.25, 0.3) is 5.91 Å². The maximum absolute atomic E-state index is 12.5. The molecule has 2 fully saturated rings. The molecule has 3 rings (SSSR count). The van der Waals surface area contributed by atoms with Gasteiger partial charge in [0.05, 0.1) is 19.8 Å². The summed E-state index contributed by atoms with van der Waals surface area (Å²) in [4.78, 5) is 29.6. The van der Waals surface area contributed by atoms with Crippen molar-refractivity contribution in [3.05, 3.63) is 17.8 Å². The Morgan fingerprint density at radius 2 is 1.72 bits per heavy atom. The van der Waals surface area contributed by atoms with E-state index in [1.54, 1.807) is 22.8 Å². The number of amides is 2. The molecule has 0 unspecified atom stereocenters. The van der Waals surface area contributed by atoms with Crippen LogP contribution in [0, 0.1) is 0 Å². The average Bonchev–Trinajstić information content (AvgIpc) is 2.68. The molecule has 0 atom stereocenters. The summed E-state index contributed by atoms with van der Waals surface area (Å²) in [6.07, 6.45) is -0.329. The van der Waals surface area contributed by atoms with Crippen LogP contribution >= 0.6 is 0 Å². The lowest BCUT2D eigenvalue weighted by Gasteiger charge is -2.33. The van der Waals surface area contributed by atoms with Crippen molar-refractivity contribution < 1.29 is 19.1 Å². The van der Waals surface area contributed by atoms with Crippen LogP contribution in [0.1, 0.15) is 17.4 Å². The summed E-state index contributed by atoms with van der Waals surface area (Å²) in [5, 5.41) is 8.26. The number of morpholine rings is 1. The molecule has 3 heterocycles. The smallest absolute Gasteiger partial charge is 0.409 e. The minimum Gasteiger partial charge on any atom is -0.450 e. The number of nitrogens with zero attached hydrogens (tertiary/aromatic N) is 5. The van der Waals surface area contributed by atoms with Gasteiger partial charge in [0.1, 0.15) is 0 Å². The molecular formula is C16H23N5O4. The molecule has 1 aromatic rings. The monoisotopic (exact) mass is 349 g/mol. The molecule has 25 heavy (non-hydrogen) atoms. The van der Waals surface area contributed by atoms with Crippen molar-refractivity contribution in [1.82, 2.24) is 20.0 Å². The molecule has 2 aliphatic rings. The number of anilines is 1. The molecule has 0 N–H and O–H groups in total. The van der Waals surface area contributed by atoms with Crippen molar-refractivity contribution in [2.24, 2.45) is 0 Å². The van der Waals surface area contributed by atoms with E-state index in [0.717, 1.165) is 18.9 Å². The third kappa shape index (κ3) is 4.16. The maximum Gasteiger partial charge on any atom is 0.409 e. The SMILES string of the molecule is CCOC(=O)N1CCN(C(=O)c2ccc(N3CCOCC3)nn2)CC1. The Kier molecular flexibility index (Phi) is 5.64. The van der Waals surface area contributed by atoms with Crippen LogP contribution in [0.5, 0.6) is 0 Å². The minimum atomic E-state index is -0.329. The van der Waals surface area contributed by atoms with Crippen LogP contribution in [0.3, 0.4) is 0 Å². The fourth-order valence-electron chi connectivity index (χ4n) is 2.87. The topological polar surface area (TPSA) is 88.1 Å². The Labute approximate surface area is 146 Å². The fraction of sp³-hybridized carbons (Fsp3) is 0.625. The summed E-state index contributed by atoms with van der Waals surface area (Å²) in [6.45, 7) is 6.87. The lowest BCUT2D eigenvalue weighted by Crippen LogP contribution is -2.50. The van der Waals surface area contributed by atoms with Gasteiger partial charge in [0, 0.05) is 39.3 Å². The normalized spacial score (nSPS) is 18.2. The number of piperazine rings is 1. The fourth-order valence-corrected chi connectivity index (χ4v) is 2.87. The van der Waals surface area contributed by atoms with Gasteiger partial charge in [-0.2, -0.15) is 0 Å². The van der Waals surface area contributed by atoms with E-state index in [4.69, 9.17) is 9.47 Å². The average molecular weight is 349 g/mol. The summed E-state index contributed by atoms with van der Waals surface area (Å²) >= 11 is 0. The Balaban J connectivity index is 1.55. The number of ether oxygens (including phenoxy) is 2. The summed E-state index contributed by atoms with van der Waals surface area (Å²) in [6, 6.07) is 3.53. The second kappa shape index (κ2) is 8.11. The number of hydrogen-bond acceptors (Lipinski definition) is 7. The van der Waals surface area contributed by atoms with Gasteiger partial charge in [-0.25, -0.2) is 4.79 Å². The van der Waals surface area contributed by atoms with Crippen molar-refractivity contribution in [3.63, 3.8) is 0 Å². The molecule has 0 bridgehead atoms. The van der Waals surface area contributed by atoms with E-state index in [0.29, 0.717) is 51.7 Å². The van der Waals surface area contributed by atoms with Gasteiger partial charge in [-0.15, -0.1) is 10.2 Å². The Morgan fingerprint density at radius 3 is 2.32 bits per heavy atom. The van der Waals surface area contributed by atoms with Gasteiger partial charge in [-0.05, 0) is 19.1 Å². The lowest BCUT2D eigenvalue weighted by molar-refractivity contribution is 0.0565. The molecule has 136 valence electrons. The molecule has 0 aromatic carbocycles. The van der Waals surface area contributed by atoms with Crippen molar-refractivity contribution in [3.8, 4) is 0 Å². The van der Waals surface area contributed by atoms with Crippen molar-refractivity contribution in [2.75, 3.05) is 64.0 Å². The highest BCUT2D eigenvalue weighted by molar-refractivity contribution is 5.92. The predicted octanol–water partition coefficient (Wildman–Crippen LogP) is 0.228. The van der Waals surface area contributed by atoms with Crippen LogP contribution in [0.25, 0.3) is 0 Å². The molecule has 0 spiro atoms. The van der Waals surface area contributed by atoms with E-state index in [-0.39, 0.29) is 12.0 Å². The number of rotatable bonds is 3. The Bertz CT molecular complexity index is 595. The first-order chi connectivity index (χ1) is 12.2. The zero-order valence-electron chi connectivity index (χ0n) is 14.4. The Morgan fingerprint density at radius 1 is 1.04 bits per heavy atom. The first kappa shape index (κ1) is 17.4. The van der Waals surface area contributed by atoms with Gasteiger partial charge in [-0.3, -0.25) is 4.79 Å². The highest BCUT2D eigenvalue weighted by atomic mass is 16.6. The summed E-state index contributed by atoms with van der Waals surface area (Å²) in [7, 11) is 0. The van der Waals surface area contributed by atoms with Crippen LogP contribution in [0.2, 0.25) is 0 Å². The number of hydrogen-bond donors (Lipinski definition) is 0. The third-order valence-corrected chi connectivity index (χ3v) is 4.30. The molecule has 0 radical (unpaired) electrons. The van der Waals surface area contributed by atoms with Crippen LogP contribution < -0.4 is 4.90 Å². The number of aromatic nitrogens is 2. The van der Waals surface area contributed by atoms with E-state index >= 15 is 0 Å². The second-order valence-corrected chi connectivity index (χ2v) is 5.85. The molecule has 2 aliphatic heterocycles. The molecule has 0 aliphatic carbocycles. The van der Waals surface area contributed by atoms with Gasteiger partial charge in [0.15, 0.2) is 11.5 Å². The largest absolute Gasteiger partial charge is 0.450 e. The lowest BCUT2D eigenvalue weighted by atomic mass is 10.2. The minimum absolute atomic E-state index is 0.162. The third-order valence-electron chi connectivity index (χ3n) is 4.30. The van der Waals surface area contributed by atoms with Crippen LogP contribution in [0.4, 0.5) is 10.6 Å². The molecule has 2 amide bonds. The zero-order valence-corrected chi connectivity index (χ0v) is 14.4. The van der Waals surface area contributed by atoms with Crippen LogP contribution in [0.15, 0.2) is 12.1 Å². The highest BCUT2D eigenvalue weighted by Gasteiger charge is 2.26. The zero-order chi connectivity index (χ0) is 17.6. The maximum atomic E-state index is 12.5. The molecule has 0 saturated carbocycles. The van der Waals surface area contributed by atoms with Crippen molar-refractivity contribution in [1.29, 1.82) is 0 Å². The standard InChI is InChI=1S/C16H23N5O4/c1-2-25-16(23)21-7-5-20(6-8-21)15(22)13-3-4-14(18-17-13)19-9-11-24-12-10-19/h3-4H,2,5-12H2,1H3. The molecule has 9 heteroatoms. The summed E-state index contributed by atoms with van der Waals surface area (Å²) < 4.78 is 10.3. The Hall–Kier alpha value is -2.42. The highest BCUT2D eigenvalue weighted by Crippen LogP contribution is 2.13. The molecule has 1 aromatic heterocycles. The van der Waals surface area contributed by atoms with Crippen molar-refractivity contribution in [2.45, 2.75) is 6.92 Å². The first-order valence-corrected chi connectivity index (χ1v) is 8.56. The predicted molar refractivity (Wildman–Crippen MR) is 89.6 cm³/mol. The van der Waals surface area contributed by atoms with E-state index in [1.807, 2.05) is 6.07 Å². The van der Waals surface area contributed by atoms with Crippen LogP contribution in [-0.4, -0.2) is 91.1 Å². The molecular weight excluding hydrogens is 326 g/mol. The van der Waals surface area contributed by atoms with Gasteiger partial charge < -0.3 is 24.2 Å². The van der Waals surface area contributed by atoms with E-state index in [1.165, 1.54) is 0 Å². The van der Waals surface area contributed by atoms with Gasteiger partial charge >= 0.3 is 6.09 Å². The quantitative estimate of drug-likeness (QED) is 0.772.